The molecule has 0 bridgehead atoms. The van der Waals surface area contributed by atoms with Gasteiger partial charge in [-0.15, -0.1) is 0 Å². The summed E-state index contributed by atoms with van der Waals surface area (Å²) in [6, 6.07) is 6.47. The Balaban J connectivity index is 2.00. The Morgan fingerprint density at radius 2 is 2.25 bits per heavy atom. The Hall–Kier alpha value is -1.44. The average molecular weight is 298 g/mol. The van der Waals surface area contributed by atoms with Crippen LogP contribution in [0.5, 0.6) is 0 Å². The first-order valence-corrected chi connectivity index (χ1v) is 7.93. The highest BCUT2D eigenvalue weighted by atomic mass is 32.2. The molecule has 7 heteroatoms. The number of carbonyl (C=O) groups is 1. The number of nitrogens with one attached hydrogen (secondary N) is 2. The lowest BCUT2D eigenvalue weighted by atomic mass is 10.2. The van der Waals surface area contributed by atoms with Crippen LogP contribution in [-0.4, -0.2) is 34.1 Å². The third-order valence-electron chi connectivity index (χ3n) is 3.17. The van der Waals surface area contributed by atoms with Crippen molar-refractivity contribution < 1.29 is 17.9 Å². The molecular weight excluding hydrogens is 280 g/mol. The molecule has 1 saturated heterocycles. The molecule has 1 fully saturated rings. The van der Waals surface area contributed by atoms with Crippen molar-refractivity contribution in [2.24, 2.45) is 0 Å². The van der Waals surface area contributed by atoms with Crippen LogP contribution in [-0.2, 0) is 26.1 Å². The molecule has 1 aromatic rings. The Morgan fingerprint density at radius 1 is 1.45 bits per heavy atom. The topological polar surface area (TPSA) is 84.5 Å². The summed E-state index contributed by atoms with van der Waals surface area (Å²) in [5.74, 6) is -0.149. The lowest BCUT2D eigenvalue weighted by Crippen LogP contribution is -2.33. The van der Waals surface area contributed by atoms with Crippen LogP contribution >= 0.6 is 0 Å². The predicted octanol–water partition coefficient (Wildman–Crippen LogP) is 0.390. The molecule has 0 saturated carbocycles. The van der Waals surface area contributed by atoms with Crippen LogP contribution in [0.4, 0.5) is 0 Å². The molecule has 2 rings (SSSR count). The SMILES string of the molecule is CNS(=O)(=O)c1cccc(CNC(=O)[C@@H]2CCCO2)c1. The first-order valence-electron chi connectivity index (χ1n) is 6.45. The van der Waals surface area contributed by atoms with E-state index in [-0.39, 0.29) is 23.5 Å². The molecule has 1 aromatic carbocycles. The minimum absolute atomic E-state index is 0.149. The Bertz CT molecular complexity index is 580. The lowest BCUT2D eigenvalue weighted by Gasteiger charge is -2.11. The van der Waals surface area contributed by atoms with E-state index >= 15 is 0 Å². The van der Waals surface area contributed by atoms with Crippen LogP contribution in [0, 0.1) is 0 Å². The molecule has 1 amide bonds. The zero-order valence-corrected chi connectivity index (χ0v) is 12.1. The fourth-order valence-electron chi connectivity index (χ4n) is 2.03. The van der Waals surface area contributed by atoms with Gasteiger partial charge in [0.2, 0.25) is 15.9 Å². The zero-order chi connectivity index (χ0) is 14.6. The van der Waals surface area contributed by atoms with Crippen molar-refractivity contribution in [3.05, 3.63) is 29.8 Å². The van der Waals surface area contributed by atoms with Crippen molar-refractivity contribution in [3.8, 4) is 0 Å². The number of rotatable bonds is 5. The van der Waals surface area contributed by atoms with Crippen molar-refractivity contribution in [1.82, 2.24) is 10.0 Å². The number of ether oxygens (including phenoxy) is 1. The third kappa shape index (κ3) is 3.56. The highest BCUT2D eigenvalue weighted by molar-refractivity contribution is 7.89. The van der Waals surface area contributed by atoms with E-state index in [1.54, 1.807) is 18.2 Å². The van der Waals surface area contributed by atoms with Gasteiger partial charge in [-0.2, -0.15) is 0 Å². The highest BCUT2D eigenvalue weighted by Gasteiger charge is 2.23. The second-order valence-electron chi connectivity index (χ2n) is 4.57. The lowest BCUT2D eigenvalue weighted by molar-refractivity contribution is -0.130. The van der Waals surface area contributed by atoms with Crippen LogP contribution in [0.15, 0.2) is 29.2 Å². The molecule has 0 unspecified atom stereocenters. The van der Waals surface area contributed by atoms with E-state index in [2.05, 4.69) is 10.0 Å². The van der Waals surface area contributed by atoms with Gasteiger partial charge in [0.1, 0.15) is 6.10 Å². The van der Waals surface area contributed by atoms with Gasteiger partial charge in [-0.25, -0.2) is 13.1 Å². The summed E-state index contributed by atoms with van der Waals surface area (Å²) in [5.41, 5.74) is 0.729. The van der Waals surface area contributed by atoms with Gasteiger partial charge < -0.3 is 10.1 Å². The summed E-state index contributed by atoms with van der Waals surface area (Å²) < 4.78 is 30.9. The summed E-state index contributed by atoms with van der Waals surface area (Å²) >= 11 is 0. The number of hydrogen-bond acceptors (Lipinski definition) is 4. The fourth-order valence-corrected chi connectivity index (χ4v) is 2.83. The van der Waals surface area contributed by atoms with Gasteiger partial charge in [-0.05, 0) is 37.6 Å². The zero-order valence-electron chi connectivity index (χ0n) is 11.3. The van der Waals surface area contributed by atoms with Crippen LogP contribution in [0.25, 0.3) is 0 Å². The number of carbonyl (C=O) groups excluding carboxylic acids is 1. The molecule has 6 nitrogen and oxygen atoms in total. The van der Waals surface area contributed by atoms with E-state index in [0.29, 0.717) is 6.61 Å². The molecular formula is C13H18N2O4S. The fraction of sp³-hybridized carbons (Fsp3) is 0.462. The van der Waals surface area contributed by atoms with Crippen molar-refractivity contribution in [1.29, 1.82) is 0 Å². The maximum Gasteiger partial charge on any atom is 0.249 e. The molecule has 20 heavy (non-hydrogen) atoms. The third-order valence-corrected chi connectivity index (χ3v) is 4.58. The van der Waals surface area contributed by atoms with Gasteiger partial charge in [0, 0.05) is 13.2 Å². The molecule has 0 aliphatic carbocycles. The largest absolute Gasteiger partial charge is 0.368 e. The molecule has 1 aliphatic rings. The first kappa shape index (κ1) is 15.0. The van der Waals surface area contributed by atoms with Crippen LogP contribution in [0.3, 0.4) is 0 Å². The molecule has 1 heterocycles. The Morgan fingerprint density at radius 3 is 2.90 bits per heavy atom. The second kappa shape index (κ2) is 6.34. The van der Waals surface area contributed by atoms with Crippen molar-refractivity contribution >= 4 is 15.9 Å². The smallest absolute Gasteiger partial charge is 0.249 e. The van der Waals surface area contributed by atoms with E-state index in [9.17, 15) is 13.2 Å². The number of benzene rings is 1. The summed E-state index contributed by atoms with van der Waals surface area (Å²) in [7, 11) is -2.10. The molecule has 2 N–H and O–H groups in total. The van der Waals surface area contributed by atoms with E-state index in [1.807, 2.05) is 0 Å². The normalized spacial score (nSPS) is 18.9. The minimum atomic E-state index is -3.46. The van der Waals surface area contributed by atoms with Gasteiger partial charge in [0.25, 0.3) is 0 Å². The number of sulfonamides is 1. The Kier molecular flexibility index (Phi) is 4.74. The van der Waals surface area contributed by atoms with Crippen LogP contribution in [0.1, 0.15) is 18.4 Å². The molecule has 1 atom stereocenters. The maximum absolute atomic E-state index is 11.8. The molecule has 0 aromatic heterocycles. The monoisotopic (exact) mass is 298 g/mol. The predicted molar refractivity (Wildman–Crippen MR) is 73.5 cm³/mol. The second-order valence-corrected chi connectivity index (χ2v) is 6.46. The quantitative estimate of drug-likeness (QED) is 0.823. The minimum Gasteiger partial charge on any atom is -0.368 e. The van der Waals surface area contributed by atoms with Gasteiger partial charge in [-0.1, -0.05) is 12.1 Å². The molecule has 0 radical (unpaired) electrons. The number of hydrogen-bond donors (Lipinski definition) is 2. The summed E-state index contributed by atoms with van der Waals surface area (Å²) in [4.78, 5) is 12.0. The molecule has 110 valence electrons. The van der Waals surface area contributed by atoms with E-state index in [0.717, 1.165) is 18.4 Å². The van der Waals surface area contributed by atoms with Crippen molar-refractivity contribution in [2.45, 2.75) is 30.4 Å². The van der Waals surface area contributed by atoms with Crippen molar-refractivity contribution in [3.63, 3.8) is 0 Å². The molecule has 0 spiro atoms. The summed E-state index contributed by atoms with van der Waals surface area (Å²) in [6.07, 6.45) is 1.26. The standard InChI is InChI=1S/C13H18N2O4S/c1-14-20(17,18)11-5-2-4-10(8-11)9-15-13(16)12-6-3-7-19-12/h2,4-5,8,12,14H,3,6-7,9H2,1H3,(H,15,16)/t12-/m0/s1. The van der Waals surface area contributed by atoms with Crippen molar-refractivity contribution in [2.75, 3.05) is 13.7 Å². The maximum atomic E-state index is 11.8. The van der Waals surface area contributed by atoms with Gasteiger partial charge in [0.15, 0.2) is 0 Å². The molecule has 1 aliphatic heterocycles. The van der Waals surface area contributed by atoms with Gasteiger partial charge >= 0.3 is 0 Å². The first-order chi connectivity index (χ1) is 9.53. The Labute approximate surface area is 118 Å². The average Bonchev–Trinajstić information content (AvgIpc) is 2.99. The van der Waals surface area contributed by atoms with Gasteiger partial charge in [0.05, 0.1) is 4.90 Å². The van der Waals surface area contributed by atoms with E-state index in [1.165, 1.54) is 13.1 Å². The summed E-state index contributed by atoms with van der Waals surface area (Å²) in [6.45, 7) is 0.903. The summed E-state index contributed by atoms with van der Waals surface area (Å²) in [5, 5.41) is 2.76. The van der Waals surface area contributed by atoms with E-state index in [4.69, 9.17) is 4.74 Å². The van der Waals surface area contributed by atoms with Gasteiger partial charge in [-0.3, -0.25) is 4.79 Å². The van der Waals surface area contributed by atoms with Crippen LogP contribution in [0.2, 0.25) is 0 Å². The van der Waals surface area contributed by atoms with Crippen LogP contribution < -0.4 is 10.0 Å². The van der Waals surface area contributed by atoms with E-state index < -0.39 is 10.0 Å². The number of amides is 1. The highest BCUT2D eigenvalue weighted by Crippen LogP contribution is 2.13.